The molecule has 2 aromatic rings. The molecule has 0 bridgehead atoms. The molecule has 0 aliphatic heterocycles. The second-order valence-corrected chi connectivity index (χ2v) is 5.92. The highest BCUT2D eigenvalue weighted by atomic mass is 32.1. The largest absolute Gasteiger partial charge is 0.325 e. The summed E-state index contributed by atoms with van der Waals surface area (Å²) >= 11 is 1.68. The van der Waals surface area contributed by atoms with Gasteiger partial charge in [0.2, 0.25) is 5.91 Å². The van der Waals surface area contributed by atoms with Gasteiger partial charge in [-0.05, 0) is 42.6 Å². The molecule has 2 rings (SSSR count). The SMILES string of the molecule is CCN(CC(=O)Nc1cc(F)ccc1C)Cc1cccs1. The standard InChI is InChI=1S/C16H19FN2OS/c1-3-19(10-14-5-4-8-21-14)11-16(20)18-15-9-13(17)7-6-12(15)2/h4-9H,3,10-11H2,1-2H3,(H,18,20). The van der Waals surface area contributed by atoms with Crippen LogP contribution in [0.1, 0.15) is 17.4 Å². The van der Waals surface area contributed by atoms with Gasteiger partial charge in [0.25, 0.3) is 0 Å². The Morgan fingerprint density at radius 3 is 2.86 bits per heavy atom. The minimum atomic E-state index is -0.346. The molecule has 1 aromatic carbocycles. The van der Waals surface area contributed by atoms with E-state index in [-0.39, 0.29) is 11.7 Å². The van der Waals surface area contributed by atoms with E-state index in [9.17, 15) is 9.18 Å². The summed E-state index contributed by atoms with van der Waals surface area (Å²) in [5, 5.41) is 4.81. The molecule has 0 aliphatic carbocycles. The predicted molar refractivity (Wildman–Crippen MR) is 85.0 cm³/mol. The average Bonchev–Trinajstić information content (AvgIpc) is 2.95. The van der Waals surface area contributed by atoms with E-state index in [1.165, 1.54) is 17.0 Å². The van der Waals surface area contributed by atoms with Crippen molar-refractivity contribution < 1.29 is 9.18 Å². The van der Waals surface area contributed by atoms with Gasteiger partial charge in [0, 0.05) is 17.1 Å². The number of carbonyl (C=O) groups excluding carboxylic acids is 1. The highest BCUT2D eigenvalue weighted by molar-refractivity contribution is 7.09. The second kappa shape index (κ2) is 7.33. The van der Waals surface area contributed by atoms with Crippen LogP contribution in [0.4, 0.5) is 10.1 Å². The van der Waals surface area contributed by atoms with Crippen molar-refractivity contribution in [2.45, 2.75) is 20.4 Å². The van der Waals surface area contributed by atoms with Crippen LogP contribution in [0.3, 0.4) is 0 Å². The Labute approximate surface area is 128 Å². The molecule has 0 saturated carbocycles. The first kappa shape index (κ1) is 15.7. The van der Waals surface area contributed by atoms with E-state index in [1.807, 2.05) is 25.3 Å². The minimum Gasteiger partial charge on any atom is -0.325 e. The maximum Gasteiger partial charge on any atom is 0.238 e. The number of nitrogens with one attached hydrogen (secondary N) is 1. The van der Waals surface area contributed by atoms with Crippen molar-refractivity contribution in [2.75, 3.05) is 18.4 Å². The van der Waals surface area contributed by atoms with Crippen molar-refractivity contribution >= 4 is 22.9 Å². The molecule has 0 atom stereocenters. The van der Waals surface area contributed by atoms with Gasteiger partial charge >= 0.3 is 0 Å². The minimum absolute atomic E-state index is 0.123. The van der Waals surface area contributed by atoms with Gasteiger partial charge in [-0.1, -0.05) is 19.1 Å². The van der Waals surface area contributed by atoms with E-state index in [0.29, 0.717) is 12.2 Å². The number of hydrogen-bond donors (Lipinski definition) is 1. The van der Waals surface area contributed by atoms with Crippen LogP contribution in [0.25, 0.3) is 0 Å². The second-order valence-electron chi connectivity index (χ2n) is 4.89. The summed E-state index contributed by atoms with van der Waals surface area (Å²) in [4.78, 5) is 15.4. The van der Waals surface area contributed by atoms with Crippen molar-refractivity contribution in [3.05, 3.63) is 52.0 Å². The molecular formula is C16H19FN2OS. The molecule has 0 radical (unpaired) electrons. The topological polar surface area (TPSA) is 32.3 Å². The number of benzene rings is 1. The van der Waals surface area contributed by atoms with Crippen molar-refractivity contribution in [3.63, 3.8) is 0 Å². The molecule has 3 nitrogen and oxygen atoms in total. The monoisotopic (exact) mass is 306 g/mol. The lowest BCUT2D eigenvalue weighted by Crippen LogP contribution is -2.32. The Morgan fingerprint density at radius 2 is 2.19 bits per heavy atom. The maximum absolute atomic E-state index is 13.2. The summed E-state index contributed by atoms with van der Waals surface area (Å²) in [5.41, 5.74) is 1.39. The molecule has 0 unspecified atom stereocenters. The zero-order valence-electron chi connectivity index (χ0n) is 12.2. The van der Waals surface area contributed by atoms with Gasteiger partial charge in [-0.3, -0.25) is 9.69 Å². The Hall–Kier alpha value is -1.72. The van der Waals surface area contributed by atoms with E-state index in [4.69, 9.17) is 0 Å². The number of halogens is 1. The van der Waals surface area contributed by atoms with Crippen LogP contribution in [-0.4, -0.2) is 23.9 Å². The van der Waals surface area contributed by atoms with E-state index in [2.05, 4.69) is 16.3 Å². The molecular weight excluding hydrogens is 287 g/mol. The van der Waals surface area contributed by atoms with Crippen molar-refractivity contribution in [1.82, 2.24) is 4.90 Å². The summed E-state index contributed by atoms with van der Waals surface area (Å²) in [5.74, 6) is -0.469. The summed E-state index contributed by atoms with van der Waals surface area (Å²) in [6, 6.07) is 8.46. The molecule has 1 aromatic heterocycles. The van der Waals surface area contributed by atoms with E-state index in [0.717, 1.165) is 18.7 Å². The number of likely N-dealkylation sites (N-methyl/N-ethyl adjacent to an activating group) is 1. The number of anilines is 1. The van der Waals surface area contributed by atoms with Gasteiger partial charge in [-0.2, -0.15) is 0 Å². The zero-order valence-corrected chi connectivity index (χ0v) is 13.0. The van der Waals surface area contributed by atoms with E-state index >= 15 is 0 Å². The first-order valence-corrected chi connectivity index (χ1v) is 7.77. The summed E-state index contributed by atoms with van der Waals surface area (Å²) in [6.45, 7) is 5.70. The van der Waals surface area contributed by atoms with Gasteiger partial charge < -0.3 is 5.32 Å². The number of nitrogens with zero attached hydrogens (tertiary/aromatic N) is 1. The smallest absolute Gasteiger partial charge is 0.238 e. The molecule has 0 fully saturated rings. The number of rotatable bonds is 6. The molecule has 112 valence electrons. The van der Waals surface area contributed by atoms with Crippen molar-refractivity contribution in [3.8, 4) is 0 Å². The van der Waals surface area contributed by atoms with Crippen molar-refractivity contribution in [1.29, 1.82) is 0 Å². The van der Waals surface area contributed by atoms with Gasteiger partial charge in [-0.25, -0.2) is 4.39 Å². The average molecular weight is 306 g/mol. The van der Waals surface area contributed by atoms with Gasteiger partial charge in [0.15, 0.2) is 0 Å². The zero-order chi connectivity index (χ0) is 15.2. The fraction of sp³-hybridized carbons (Fsp3) is 0.312. The van der Waals surface area contributed by atoms with Crippen LogP contribution in [0.2, 0.25) is 0 Å². The molecule has 1 N–H and O–H groups in total. The Morgan fingerprint density at radius 1 is 1.38 bits per heavy atom. The fourth-order valence-electron chi connectivity index (χ4n) is 2.02. The molecule has 1 amide bonds. The number of hydrogen-bond acceptors (Lipinski definition) is 3. The summed E-state index contributed by atoms with van der Waals surface area (Å²) in [7, 11) is 0. The van der Waals surface area contributed by atoms with Crippen LogP contribution >= 0.6 is 11.3 Å². The molecule has 0 spiro atoms. The van der Waals surface area contributed by atoms with E-state index < -0.39 is 0 Å². The van der Waals surface area contributed by atoms with Crippen LogP contribution in [0, 0.1) is 12.7 Å². The molecule has 0 aliphatic rings. The highest BCUT2D eigenvalue weighted by Gasteiger charge is 2.11. The van der Waals surface area contributed by atoms with Crippen LogP contribution in [0.15, 0.2) is 35.7 Å². The van der Waals surface area contributed by atoms with E-state index in [1.54, 1.807) is 17.4 Å². The Kier molecular flexibility index (Phi) is 5.47. The first-order chi connectivity index (χ1) is 10.1. The van der Waals surface area contributed by atoms with Gasteiger partial charge in [-0.15, -0.1) is 11.3 Å². The number of amides is 1. The predicted octanol–water partition coefficient (Wildman–Crippen LogP) is 3.66. The molecule has 21 heavy (non-hydrogen) atoms. The Balaban J connectivity index is 1.95. The Bertz CT molecular complexity index is 598. The summed E-state index contributed by atoms with van der Waals surface area (Å²) < 4.78 is 13.2. The van der Waals surface area contributed by atoms with Crippen LogP contribution in [-0.2, 0) is 11.3 Å². The molecule has 5 heteroatoms. The van der Waals surface area contributed by atoms with Crippen molar-refractivity contribution in [2.24, 2.45) is 0 Å². The summed E-state index contributed by atoms with van der Waals surface area (Å²) in [6.07, 6.45) is 0. The lowest BCUT2D eigenvalue weighted by Gasteiger charge is -2.19. The normalized spacial score (nSPS) is 10.9. The third-order valence-electron chi connectivity index (χ3n) is 3.25. The third-order valence-corrected chi connectivity index (χ3v) is 4.11. The lowest BCUT2D eigenvalue weighted by atomic mass is 10.2. The van der Waals surface area contributed by atoms with Gasteiger partial charge in [0.05, 0.1) is 6.54 Å². The quantitative estimate of drug-likeness (QED) is 0.883. The number of carbonyl (C=O) groups is 1. The lowest BCUT2D eigenvalue weighted by molar-refractivity contribution is -0.117. The molecule has 1 heterocycles. The van der Waals surface area contributed by atoms with Crippen LogP contribution in [0.5, 0.6) is 0 Å². The van der Waals surface area contributed by atoms with Crippen LogP contribution < -0.4 is 5.32 Å². The first-order valence-electron chi connectivity index (χ1n) is 6.89. The molecule has 0 saturated heterocycles. The fourth-order valence-corrected chi connectivity index (χ4v) is 2.77. The number of thiophene rings is 1. The number of aryl methyl sites for hydroxylation is 1. The highest BCUT2D eigenvalue weighted by Crippen LogP contribution is 2.16. The third kappa shape index (κ3) is 4.65. The maximum atomic E-state index is 13.2. The van der Waals surface area contributed by atoms with Gasteiger partial charge in [0.1, 0.15) is 5.82 Å².